The van der Waals surface area contributed by atoms with Gasteiger partial charge in [-0.2, -0.15) is 0 Å². The molecule has 0 spiro atoms. The van der Waals surface area contributed by atoms with Crippen LogP contribution in [0.1, 0.15) is 49.0 Å². The minimum absolute atomic E-state index is 0.158. The van der Waals surface area contributed by atoms with Crippen LogP contribution in [0.25, 0.3) is 0 Å². The highest BCUT2D eigenvalue weighted by molar-refractivity contribution is 7.99. The zero-order chi connectivity index (χ0) is 20.6. The first-order valence-corrected chi connectivity index (χ1v) is 12.1. The summed E-state index contributed by atoms with van der Waals surface area (Å²) >= 11 is 1.39. The van der Waals surface area contributed by atoms with Crippen LogP contribution in [0.4, 0.5) is 0 Å². The van der Waals surface area contributed by atoms with E-state index < -0.39 is 10.0 Å². The monoisotopic (exact) mass is 435 g/mol. The maximum absolute atomic E-state index is 12.5. The molecule has 0 saturated heterocycles. The Morgan fingerprint density at radius 2 is 1.93 bits per heavy atom. The number of nitrogens with one attached hydrogen (secondary N) is 1. The molecular formula is C19H25N5O3S2. The molecule has 0 atom stereocenters. The van der Waals surface area contributed by atoms with Gasteiger partial charge in [-0.1, -0.05) is 30.0 Å². The van der Waals surface area contributed by atoms with Crippen LogP contribution in [0.3, 0.4) is 0 Å². The van der Waals surface area contributed by atoms with E-state index >= 15 is 0 Å². The number of benzene rings is 1. The van der Waals surface area contributed by atoms with E-state index in [1.54, 1.807) is 24.3 Å². The largest absolute Gasteiger partial charge is 0.351 e. The fourth-order valence-electron chi connectivity index (χ4n) is 3.16. The summed E-state index contributed by atoms with van der Waals surface area (Å²) in [5, 5.41) is 12.3. The SMILES string of the molecule is CN(C)S(=O)(=O)c1ccccc1CNC(=O)CSc1nnc(C2CC2)n1C1CC1. The molecule has 2 fully saturated rings. The third-order valence-corrected chi connectivity index (χ3v) is 7.94. The minimum Gasteiger partial charge on any atom is -0.351 e. The average Bonchev–Trinajstić information content (AvgIpc) is 3.63. The van der Waals surface area contributed by atoms with E-state index in [0.717, 1.165) is 23.8 Å². The molecule has 2 aliphatic carbocycles. The highest BCUT2D eigenvalue weighted by atomic mass is 32.2. The van der Waals surface area contributed by atoms with Gasteiger partial charge >= 0.3 is 0 Å². The number of hydrogen-bond acceptors (Lipinski definition) is 6. The van der Waals surface area contributed by atoms with Gasteiger partial charge in [-0.3, -0.25) is 4.79 Å². The van der Waals surface area contributed by atoms with Gasteiger partial charge in [0.2, 0.25) is 15.9 Å². The third kappa shape index (κ3) is 4.49. The molecule has 2 aliphatic rings. The number of thioether (sulfide) groups is 1. The van der Waals surface area contributed by atoms with Gasteiger partial charge in [0.1, 0.15) is 5.82 Å². The minimum atomic E-state index is -3.56. The topological polar surface area (TPSA) is 97.2 Å². The Morgan fingerprint density at radius 1 is 1.21 bits per heavy atom. The summed E-state index contributed by atoms with van der Waals surface area (Å²) in [6, 6.07) is 7.20. The number of carbonyl (C=O) groups is 1. The van der Waals surface area contributed by atoms with Crippen LogP contribution in [-0.4, -0.2) is 53.2 Å². The molecule has 8 nitrogen and oxygen atoms in total. The number of hydrogen-bond donors (Lipinski definition) is 1. The van der Waals surface area contributed by atoms with Gasteiger partial charge in [0, 0.05) is 32.6 Å². The summed E-state index contributed by atoms with van der Waals surface area (Å²) in [7, 11) is -0.577. The van der Waals surface area contributed by atoms with E-state index in [0.29, 0.717) is 17.5 Å². The molecule has 0 bridgehead atoms. The molecule has 1 heterocycles. The number of carbonyl (C=O) groups excluding carboxylic acids is 1. The standard InChI is InChI=1S/C19H25N5O3S2/c1-23(2)29(26,27)16-6-4-3-5-14(16)11-20-17(25)12-28-19-22-21-18(13-7-8-13)24(19)15-9-10-15/h3-6,13,15H,7-12H2,1-2H3,(H,20,25). The fourth-order valence-corrected chi connectivity index (χ4v) is 5.11. The second-order valence-corrected chi connectivity index (χ2v) is 10.7. The molecule has 156 valence electrons. The summed E-state index contributed by atoms with van der Waals surface area (Å²) < 4.78 is 28.3. The summed E-state index contributed by atoms with van der Waals surface area (Å²) in [5.74, 6) is 1.66. The average molecular weight is 436 g/mol. The highest BCUT2D eigenvalue weighted by Crippen LogP contribution is 2.45. The Balaban J connectivity index is 1.37. The molecule has 0 unspecified atom stereocenters. The van der Waals surface area contributed by atoms with Crippen LogP contribution < -0.4 is 5.32 Å². The summed E-state index contributed by atoms with van der Waals surface area (Å²) in [6.07, 6.45) is 4.64. The molecule has 4 rings (SSSR count). The Labute approximate surface area is 175 Å². The first-order valence-electron chi connectivity index (χ1n) is 9.72. The molecule has 0 aliphatic heterocycles. The second kappa shape index (κ2) is 8.08. The number of nitrogens with zero attached hydrogens (tertiary/aromatic N) is 4. The molecule has 2 saturated carbocycles. The lowest BCUT2D eigenvalue weighted by atomic mass is 10.2. The smallest absolute Gasteiger partial charge is 0.242 e. The zero-order valence-electron chi connectivity index (χ0n) is 16.5. The molecular weight excluding hydrogens is 410 g/mol. The van der Waals surface area contributed by atoms with Gasteiger partial charge in [-0.05, 0) is 37.3 Å². The van der Waals surface area contributed by atoms with Gasteiger partial charge in [-0.15, -0.1) is 10.2 Å². The number of rotatable bonds is 9. The van der Waals surface area contributed by atoms with E-state index in [2.05, 4.69) is 20.1 Å². The Kier molecular flexibility index (Phi) is 5.67. The quantitative estimate of drug-likeness (QED) is 0.606. The Bertz CT molecular complexity index is 1010. The zero-order valence-corrected chi connectivity index (χ0v) is 18.2. The molecule has 1 N–H and O–H groups in total. The van der Waals surface area contributed by atoms with Crippen molar-refractivity contribution in [2.24, 2.45) is 0 Å². The van der Waals surface area contributed by atoms with Crippen molar-refractivity contribution in [3.8, 4) is 0 Å². The van der Waals surface area contributed by atoms with Crippen LogP contribution >= 0.6 is 11.8 Å². The van der Waals surface area contributed by atoms with Gasteiger partial charge in [-0.25, -0.2) is 12.7 Å². The van der Waals surface area contributed by atoms with Crippen molar-refractivity contribution in [3.63, 3.8) is 0 Å². The van der Waals surface area contributed by atoms with Crippen LogP contribution in [0.15, 0.2) is 34.3 Å². The predicted molar refractivity (Wildman–Crippen MR) is 110 cm³/mol. The van der Waals surface area contributed by atoms with Gasteiger partial charge < -0.3 is 9.88 Å². The van der Waals surface area contributed by atoms with Crippen molar-refractivity contribution in [2.75, 3.05) is 19.8 Å². The molecule has 2 aromatic rings. The summed E-state index contributed by atoms with van der Waals surface area (Å²) in [6.45, 7) is 0.158. The van der Waals surface area contributed by atoms with Gasteiger partial charge in [0.15, 0.2) is 5.16 Å². The van der Waals surface area contributed by atoms with E-state index in [-0.39, 0.29) is 23.1 Å². The third-order valence-electron chi connectivity index (χ3n) is 5.09. The molecule has 10 heteroatoms. The molecule has 1 aromatic carbocycles. The van der Waals surface area contributed by atoms with Crippen LogP contribution in [0.5, 0.6) is 0 Å². The number of sulfonamides is 1. The highest BCUT2D eigenvalue weighted by Gasteiger charge is 2.36. The summed E-state index contributed by atoms with van der Waals surface area (Å²) in [5.41, 5.74) is 0.566. The summed E-state index contributed by atoms with van der Waals surface area (Å²) in [4.78, 5) is 12.6. The van der Waals surface area contributed by atoms with Crippen molar-refractivity contribution >= 4 is 27.7 Å². The van der Waals surface area contributed by atoms with E-state index in [9.17, 15) is 13.2 Å². The van der Waals surface area contributed by atoms with Crippen LogP contribution in [0, 0.1) is 0 Å². The second-order valence-electron chi connectivity index (χ2n) is 7.68. The predicted octanol–water partition coefficient (Wildman–Crippen LogP) is 2.15. The van der Waals surface area contributed by atoms with Crippen molar-refractivity contribution in [1.29, 1.82) is 0 Å². The molecule has 0 radical (unpaired) electrons. The first-order chi connectivity index (χ1) is 13.9. The lowest BCUT2D eigenvalue weighted by Gasteiger charge is -2.15. The van der Waals surface area contributed by atoms with E-state index in [1.165, 1.54) is 43.0 Å². The van der Waals surface area contributed by atoms with Crippen molar-refractivity contribution in [2.45, 2.75) is 54.2 Å². The van der Waals surface area contributed by atoms with Crippen molar-refractivity contribution < 1.29 is 13.2 Å². The lowest BCUT2D eigenvalue weighted by Crippen LogP contribution is -2.28. The lowest BCUT2D eigenvalue weighted by molar-refractivity contribution is -0.118. The molecule has 1 amide bonds. The Hall–Kier alpha value is -1.91. The first kappa shape index (κ1) is 20.4. The van der Waals surface area contributed by atoms with Gasteiger partial charge in [0.05, 0.1) is 10.6 Å². The van der Waals surface area contributed by atoms with E-state index in [1.807, 2.05) is 0 Å². The Morgan fingerprint density at radius 3 is 2.59 bits per heavy atom. The maximum atomic E-state index is 12.5. The molecule has 1 aromatic heterocycles. The normalized spacial score (nSPS) is 16.9. The van der Waals surface area contributed by atoms with Crippen molar-refractivity contribution in [1.82, 2.24) is 24.4 Å². The fraction of sp³-hybridized carbons (Fsp3) is 0.526. The molecule has 29 heavy (non-hydrogen) atoms. The van der Waals surface area contributed by atoms with Gasteiger partial charge in [0.25, 0.3) is 0 Å². The maximum Gasteiger partial charge on any atom is 0.242 e. The number of amides is 1. The van der Waals surface area contributed by atoms with Crippen molar-refractivity contribution in [3.05, 3.63) is 35.7 Å². The van der Waals surface area contributed by atoms with Crippen LogP contribution in [-0.2, 0) is 21.4 Å². The van der Waals surface area contributed by atoms with Crippen LogP contribution in [0.2, 0.25) is 0 Å². The number of aromatic nitrogens is 3. The van der Waals surface area contributed by atoms with E-state index in [4.69, 9.17) is 0 Å².